The lowest BCUT2D eigenvalue weighted by Crippen LogP contribution is -2.13. The van der Waals surface area contributed by atoms with Gasteiger partial charge in [0.05, 0.1) is 5.92 Å². The Hall–Kier alpha value is -0.180. The zero-order chi connectivity index (χ0) is 10.3. The molecule has 0 spiro atoms. The molecular formula is C10H20O2S. The SMILES string of the molecule is CCC(CC)CSCC(C)C(=O)O. The second kappa shape index (κ2) is 7.25. The number of carbonyl (C=O) groups is 1. The molecule has 0 rings (SSSR count). The maximum Gasteiger partial charge on any atom is 0.307 e. The molecule has 0 bridgehead atoms. The van der Waals surface area contributed by atoms with Crippen molar-refractivity contribution in [3.05, 3.63) is 0 Å². The zero-order valence-corrected chi connectivity index (χ0v) is 9.56. The van der Waals surface area contributed by atoms with Gasteiger partial charge in [-0.2, -0.15) is 11.8 Å². The van der Waals surface area contributed by atoms with Gasteiger partial charge in [-0.25, -0.2) is 0 Å². The first-order chi connectivity index (χ1) is 6.11. The highest BCUT2D eigenvalue weighted by Crippen LogP contribution is 2.17. The summed E-state index contributed by atoms with van der Waals surface area (Å²) in [5.74, 6) is 1.71. The van der Waals surface area contributed by atoms with Gasteiger partial charge in [0.25, 0.3) is 0 Å². The molecule has 0 radical (unpaired) electrons. The van der Waals surface area contributed by atoms with Crippen LogP contribution < -0.4 is 0 Å². The van der Waals surface area contributed by atoms with Crippen molar-refractivity contribution in [2.45, 2.75) is 33.6 Å². The predicted molar refractivity (Wildman–Crippen MR) is 58.2 cm³/mol. The fourth-order valence-corrected chi connectivity index (χ4v) is 2.44. The van der Waals surface area contributed by atoms with Crippen molar-refractivity contribution < 1.29 is 9.90 Å². The summed E-state index contributed by atoms with van der Waals surface area (Å²) in [6.45, 7) is 6.15. The smallest absolute Gasteiger partial charge is 0.307 e. The highest BCUT2D eigenvalue weighted by atomic mass is 32.2. The molecule has 0 saturated heterocycles. The van der Waals surface area contributed by atoms with Crippen LogP contribution >= 0.6 is 11.8 Å². The number of rotatable bonds is 7. The van der Waals surface area contributed by atoms with Gasteiger partial charge in [-0.15, -0.1) is 0 Å². The van der Waals surface area contributed by atoms with E-state index in [1.165, 1.54) is 12.8 Å². The van der Waals surface area contributed by atoms with Gasteiger partial charge in [0.2, 0.25) is 0 Å². The Balaban J connectivity index is 3.48. The van der Waals surface area contributed by atoms with Crippen molar-refractivity contribution in [2.75, 3.05) is 11.5 Å². The molecule has 1 unspecified atom stereocenters. The van der Waals surface area contributed by atoms with E-state index >= 15 is 0 Å². The van der Waals surface area contributed by atoms with Crippen LogP contribution in [0.3, 0.4) is 0 Å². The monoisotopic (exact) mass is 204 g/mol. The summed E-state index contributed by atoms with van der Waals surface area (Å²) in [6.07, 6.45) is 2.40. The van der Waals surface area contributed by atoms with Crippen LogP contribution in [-0.2, 0) is 4.79 Å². The molecular weight excluding hydrogens is 184 g/mol. The summed E-state index contributed by atoms with van der Waals surface area (Å²) in [5.41, 5.74) is 0. The van der Waals surface area contributed by atoms with Crippen molar-refractivity contribution in [2.24, 2.45) is 11.8 Å². The average molecular weight is 204 g/mol. The van der Waals surface area contributed by atoms with Crippen LogP contribution in [0.25, 0.3) is 0 Å². The number of carboxylic acid groups (broad SMARTS) is 1. The maximum atomic E-state index is 10.5. The number of hydrogen-bond acceptors (Lipinski definition) is 2. The third kappa shape index (κ3) is 5.97. The first kappa shape index (κ1) is 12.8. The molecule has 0 aliphatic rings. The van der Waals surface area contributed by atoms with Crippen LogP contribution in [0.15, 0.2) is 0 Å². The Morgan fingerprint density at radius 3 is 2.23 bits per heavy atom. The van der Waals surface area contributed by atoms with Gasteiger partial charge in [0.1, 0.15) is 0 Å². The van der Waals surface area contributed by atoms with E-state index in [4.69, 9.17) is 5.11 Å². The lowest BCUT2D eigenvalue weighted by molar-refractivity contribution is -0.140. The largest absolute Gasteiger partial charge is 0.481 e. The molecule has 0 aromatic heterocycles. The maximum absolute atomic E-state index is 10.5. The number of carboxylic acids is 1. The minimum Gasteiger partial charge on any atom is -0.481 e. The minimum absolute atomic E-state index is 0.209. The van der Waals surface area contributed by atoms with Gasteiger partial charge in [0.15, 0.2) is 0 Å². The summed E-state index contributed by atoms with van der Waals surface area (Å²) in [5, 5.41) is 8.65. The van der Waals surface area contributed by atoms with E-state index in [9.17, 15) is 4.79 Å². The number of thioether (sulfide) groups is 1. The summed E-state index contributed by atoms with van der Waals surface area (Å²) in [6, 6.07) is 0. The quantitative estimate of drug-likeness (QED) is 0.693. The Morgan fingerprint density at radius 1 is 1.31 bits per heavy atom. The molecule has 3 heteroatoms. The van der Waals surface area contributed by atoms with E-state index in [2.05, 4.69) is 13.8 Å². The van der Waals surface area contributed by atoms with Crippen LogP contribution in [0.4, 0.5) is 0 Å². The fraction of sp³-hybridized carbons (Fsp3) is 0.900. The van der Waals surface area contributed by atoms with E-state index < -0.39 is 5.97 Å². The van der Waals surface area contributed by atoms with E-state index in [1.807, 2.05) is 0 Å². The second-order valence-corrected chi connectivity index (χ2v) is 4.53. The number of hydrogen-bond donors (Lipinski definition) is 1. The molecule has 1 atom stereocenters. The minimum atomic E-state index is -0.683. The Labute approximate surface area is 85.1 Å². The highest BCUT2D eigenvalue weighted by molar-refractivity contribution is 7.99. The van der Waals surface area contributed by atoms with E-state index in [0.717, 1.165) is 17.4 Å². The highest BCUT2D eigenvalue weighted by Gasteiger charge is 2.11. The molecule has 0 fully saturated rings. The van der Waals surface area contributed by atoms with Gasteiger partial charge in [0, 0.05) is 5.75 Å². The molecule has 0 aromatic carbocycles. The molecule has 0 saturated carbocycles. The molecule has 2 nitrogen and oxygen atoms in total. The fourth-order valence-electron chi connectivity index (χ4n) is 1.01. The van der Waals surface area contributed by atoms with Gasteiger partial charge in [-0.1, -0.05) is 33.6 Å². The van der Waals surface area contributed by atoms with Gasteiger partial charge in [-0.05, 0) is 11.7 Å². The van der Waals surface area contributed by atoms with Gasteiger partial charge < -0.3 is 5.11 Å². The Kier molecular flexibility index (Phi) is 7.14. The van der Waals surface area contributed by atoms with Crippen LogP contribution in [0.2, 0.25) is 0 Å². The van der Waals surface area contributed by atoms with Gasteiger partial charge >= 0.3 is 5.97 Å². The normalized spacial score (nSPS) is 13.2. The Morgan fingerprint density at radius 2 is 1.85 bits per heavy atom. The third-order valence-corrected chi connectivity index (χ3v) is 3.74. The van der Waals surface area contributed by atoms with E-state index in [-0.39, 0.29) is 5.92 Å². The molecule has 0 aromatic rings. The molecule has 0 amide bonds. The molecule has 1 N–H and O–H groups in total. The summed E-state index contributed by atoms with van der Waals surface area (Å²) < 4.78 is 0. The first-order valence-electron chi connectivity index (χ1n) is 4.92. The summed E-state index contributed by atoms with van der Waals surface area (Å²) >= 11 is 1.77. The van der Waals surface area contributed by atoms with E-state index in [1.54, 1.807) is 18.7 Å². The van der Waals surface area contributed by atoms with Crippen LogP contribution in [0, 0.1) is 11.8 Å². The predicted octanol–water partition coefficient (Wildman–Crippen LogP) is 2.88. The third-order valence-electron chi connectivity index (χ3n) is 2.30. The number of aliphatic carboxylic acids is 1. The first-order valence-corrected chi connectivity index (χ1v) is 6.07. The van der Waals surface area contributed by atoms with Crippen molar-refractivity contribution in [3.8, 4) is 0 Å². The standard InChI is InChI=1S/C10H20O2S/c1-4-9(5-2)7-13-6-8(3)10(11)12/h8-9H,4-7H2,1-3H3,(H,11,12). The van der Waals surface area contributed by atoms with Crippen molar-refractivity contribution in [1.29, 1.82) is 0 Å². The second-order valence-electron chi connectivity index (χ2n) is 3.46. The van der Waals surface area contributed by atoms with E-state index in [0.29, 0.717) is 0 Å². The van der Waals surface area contributed by atoms with Crippen LogP contribution in [0.5, 0.6) is 0 Å². The van der Waals surface area contributed by atoms with Crippen LogP contribution in [0.1, 0.15) is 33.6 Å². The average Bonchev–Trinajstić information content (AvgIpc) is 2.12. The topological polar surface area (TPSA) is 37.3 Å². The lowest BCUT2D eigenvalue weighted by Gasteiger charge is -2.12. The van der Waals surface area contributed by atoms with Crippen molar-refractivity contribution >= 4 is 17.7 Å². The zero-order valence-electron chi connectivity index (χ0n) is 8.75. The summed E-state index contributed by atoms with van der Waals surface area (Å²) in [4.78, 5) is 10.5. The molecule has 78 valence electrons. The van der Waals surface area contributed by atoms with Crippen molar-refractivity contribution in [1.82, 2.24) is 0 Å². The molecule has 0 aliphatic heterocycles. The lowest BCUT2D eigenvalue weighted by atomic mass is 10.1. The molecule has 0 aliphatic carbocycles. The van der Waals surface area contributed by atoms with Crippen LogP contribution in [-0.4, -0.2) is 22.6 Å². The molecule has 0 heterocycles. The van der Waals surface area contributed by atoms with Crippen molar-refractivity contribution in [3.63, 3.8) is 0 Å². The Bertz CT molecular complexity index is 144. The summed E-state index contributed by atoms with van der Waals surface area (Å²) in [7, 11) is 0. The molecule has 13 heavy (non-hydrogen) atoms. The van der Waals surface area contributed by atoms with Gasteiger partial charge in [-0.3, -0.25) is 4.79 Å².